The number of carbonyl (C=O) groups is 2. The normalized spacial score (nSPS) is 15.5. The molecule has 102 valence electrons. The van der Waals surface area contributed by atoms with Crippen LogP contribution >= 0.6 is 11.6 Å². The number of aromatic nitrogens is 1. The highest BCUT2D eigenvalue weighted by molar-refractivity contribution is 6.32. The summed E-state index contributed by atoms with van der Waals surface area (Å²) in [6, 6.07) is 1.73. The molecule has 0 aromatic carbocycles. The molecule has 0 spiro atoms. The van der Waals surface area contributed by atoms with Crippen molar-refractivity contribution >= 4 is 23.6 Å². The van der Waals surface area contributed by atoms with Gasteiger partial charge >= 0.3 is 6.09 Å². The molecule has 1 aliphatic heterocycles. The van der Waals surface area contributed by atoms with Crippen LogP contribution in [0.5, 0.6) is 0 Å². The van der Waals surface area contributed by atoms with Crippen molar-refractivity contribution < 1.29 is 14.7 Å². The van der Waals surface area contributed by atoms with Crippen LogP contribution in [0.4, 0.5) is 4.79 Å². The average molecular weight is 284 g/mol. The van der Waals surface area contributed by atoms with E-state index in [2.05, 4.69) is 4.98 Å². The Morgan fingerprint density at radius 2 is 1.84 bits per heavy atom. The zero-order valence-corrected chi connectivity index (χ0v) is 11.2. The van der Waals surface area contributed by atoms with E-state index in [0.717, 1.165) is 5.56 Å². The lowest BCUT2D eigenvalue weighted by molar-refractivity contribution is 0.0624. The molecular weight excluding hydrogens is 270 g/mol. The number of nitrogens with zero attached hydrogens (tertiary/aromatic N) is 3. The van der Waals surface area contributed by atoms with Crippen molar-refractivity contribution in [3.05, 3.63) is 28.5 Å². The number of carbonyl (C=O) groups excluding carboxylic acids is 1. The number of amides is 2. The Morgan fingerprint density at radius 3 is 2.37 bits per heavy atom. The highest BCUT2D eigenvalue weighted by Gasteiger charge is 2.26. The van der Waals surface area contributed by atoms with Gasteiger partial charge in [0.25, 0.3) is 5.91 Å². The van der Waals surface area contributed by atoms with Crippen molar-refractivity contribution in [3.63, 3.8) is 0 Å². The van der Waals surface area contributed by atoms with Crippen molar-refractivity contribution in [1.82, 2.24) is 14.8 Å². The average Bonchev–Trinajstić information content (AvgIpc) is 2.38. The van der Waals surface area contributed by atoms with Crippen LogP contribution in [0.15, 0.2) is 12.3 Å². The number of halogens is 1. The molecular formula is C12H14ClN3O3. The Kier molecular flexibility index (Phi) is 3.90. The van der Waals surface area contributed by atoms with Crippen LogP contribution in [-0.4, -0.2) is 58.1 Å². The SMILES string of the molecule is Cc1ccnc(Cl)c1C(=O)N1CCN(C(=O)O)CC1. The standard InChI is InChI=1S/C12H14ClN3O3/c1-8-2-3-14-10(13)9(8)11(17)15-4-6-16(7-5-15)12(18)19/h2-3H,4-7H2,1H3,(H,18,19). The van der Waals surface area contributed by atoms with Gasteiger partial charge in [-0.1, -0.05) is 11.6 Å². The van der Waals surface area contributed by atoms with Gasteiger partial charge in [-0.05, 0) is 18.6 Å². The van der Waals surface area contributed by atoms with Gasteiger partial charge in [-0.15, -0.1) is 0 Å². The Bertz CT molecular complexity index is 493. The number of piperazine rings is 1. The highest BCUT2D eigenvalue weighted by atomic mass is 35.5. The maximum absolute atomic E-state index is 12.4. The molecule has 19 heavy (non-hydrogen) atoms. The van der Waals surface area contributed by atoms with Crippen molar-refractivity contribution in [2.45, 2.75) is 6.92 Å². The molecule has 7 heteroatoms. The number of hydrogen-bond donors (Lipinski definition) is 1. The summed E-state index contributed by atoms with van der Waals surface area (Å²) in [5.74, 6) is -0.194. The van der Waals surface area contributed by atoms with E-state index >= 15 is 0 Å². The summed E-state index contributed by atoms with van der Waals surface area (Å²) in [5.41, 5.74) is 1.17. The molecule has 0 saturated carbocycles. The second-order valence-corrected chi connectivity index (χ2v) is 4.71. The Hall–Kier alpha value is -1.82. The first-order valence-electron chi connectivity index (χ1n) is 5.89. The second kappa shape index (κ2) is 5.44. The molecule has 0 unspecified atom stereocenters. The van der Waals surface area contributed by atoms with E-state index in [1.54, 1.807) is 24.1 Å². The molecule has 0 radical (unpaired) electrons. The highest BCUT2D eigenvalue weighted by Crippen LogP contribution is 2.19. The summed E-state index contributed by atoms with van der Waals surface area (Å²) in [5, 5.41) is 9.05. The van der Waals surface area contributed by atoms with Crippen molar-refractivity contribution in [1.29, 1.82) is 0 Å². The van der Waals surface area contributed by atoms with Gasteiger partial charge in [0.15, 0.2) is 0 Å². The summed E-state index contributed by atoms with van der Waals surface area (Å²) >= 11 is 5.96. The molecule has 0 aliphatic carbocycles. The molecule has 1 saturated heterocycles. The first-order valence-corrected chi connectivity index (χ1v) is 6.26. The van der Waals surface area contributed by atoms with Crippen LogP contribution in [0.25, 0.3) is 0 Å². The summed E-state index contributed by atoms with van der Waals surface area (Å²) in [7, 11) is 0. The summed E-state index contributed by atoms with van der Waals surface area (Å²) in [6.45, 7) is 3.18. The Balaban J connectivity index is 2.12. The molecule has 1 N–H and O–H groups in total. The molecule has 1 fully saturated rings. The molecule has 2 amide bonds. The van der Waals surface area contributed by atoms with Crippen molar-refractivity contribution in [2.24, 2.45) is 0 Å². The Labute approximate surface area is 115 Å². The van der Waals surface area contributed by atoms with Gasteiger partial charge in [-0.2, -0.15) is 0 Å². The van der Waals surface area contributed by atoms with Crippen LogP contribution < -0.4 is 0 Å². The molecule has 2 heterocycles. The van der Waals surface area contributed by atoms with Gasteiger partial charge in [-0.25, -0.2) is 9.78 Å². The van der Waals surface area contributed by atoms with E-state index in [9.17, 15) is 9.59 Å². The van der Waals surface area contributed by atoms with Crippen LogP contribution in [-0.2, 0) is 0 Å². The fourth-order valence-electron chi connectivity index (χ4n) is 2.04. The fraction of sp³-hybridized carbons (Fsp3) is 0.417. The van der Waals surface area contributed by atoms with E-state index in [-0.39, 0.29) is 11.1 Å². The maximum atomic E-state index is 12.4. The van der Waals surface area contributed by atoms with E-state index in [1.165, 1.54) is 4.90 Å². The zero-order chi connectivity index (χ0) is 14.0. The molecule has 6 nitrogen and oxygen atoms in total. The van der Waals surface area contributed by atoms with E-state index in [1.807, 2.05) is 0 Å². The minimum atomic E-state index is -0.956. The third kappa shape index (κ3) is 2.78. The van der Waals surface area contributed by atoms with Crippen molar-refractivity contribution in [3.8, 4) is 0 Å². The lowest BCUT2D eigenvalue weighted by atomic mass is 10.1. The monoisotopic (exact) mass is 283 g/mol. The molecule has 1 aromatic rings. The van der Waals surface area contributed by atoms with Gasteiger partial charge in [-0.3, -0.25) is 4.79 Å². The number of rotatable bonds is 1. The molecule has 0 bridgehead atoms. The van der Waals surface area contributed by atoms with Gasteiger partial charge < -0.3 is 14.9 Å². The largest absolute Gasteiger partial charge is 0.465 e. The molecule has 2 rings (SSSR count). The minimum absolute atomic E-state index is 0.186. The van der Waals surface area contributed by atoms with Gasteiger partial charge in [0.2, 0.25) is 0 Å². The van der Waals surface area contributed by atoms with E-state index in [0.29, 0.717) is 31.7 Å². The lowest BCUT2D eigenvalue weighted by Crippen LogP contribution is -2.50. The maximum Gasteiger partial charge on any atom is 0.407 e. The minimum Gasteiger partial charge on any atom is -0.465 e. The lowest BCUT2D eigenvalue weighted by Gasteiger charge is -2.33. The molecule has 1 aromatic heterocycles. The van der Waals surface area contributed by atoms with Gasteiger partial charge in [0.1, 0.15) is 5.15 Å². The first-order chi connectivity index (χ1) is 9.00. The summed E-state index contributed by atoms with van der Waals surface area (Å²) in [4.78, 5) is 30.0. The topological polar surface area (TPSA) is 73.7 Å². The van der Waals surface area contributed by atoms with E-state index < -0.39 is 6.09 Å². The van der Waals surface area contributed by atoms with Crippen molar-refractivity contribution in [2.75, 3.05) is 26.2 Å². The van der Waals surface area contributed by atoms with Crippen LogP contribution in [0.3, 0.4) is 0 Å². The predicted molar refractivity (Wildman–Crippen MR) is 69.5 cm³/mol. The number of pyridine rings is 1. The zero-order valence-electron chi connectivity index (χ0n) is 10.5. The third-order valence-corrected chi connectivity index (χ3v) is 3.45. The third-order valence-electron chi connectivity index (χ3n) is 3.16. The van der Waals surface area contributed by atoms with Gasteiger partial charge in [0.05, 0.1) is 5.56 Å². The van der Waals surface area contributed by atoms with Crippen LogP contribution in [0.2, 0.25) is 5.15 Å². The number of carboxylic acid groups (broad SMARTS) is 1. The van der Waals surface area contributed by atoms with Crippen LogP contribution in [0, 0.1) is 6.92 Å². The first kappa shape index (κ1) is 13.6. The molecule has 0 atom stereocenters. The quantitative estimate of drug-likeness (QED) is 0.792. The predicted octanol–water partition coefficient (Wildman–Crippen LogP) is 1.48. The van der Waals surface area contributed by atoms with E-state index in [4.69, 9.17) is 16.7 Å². The number of hydrogen-bond acceptors (Lipinski definition) is 3. The smallest absolute Gasteiger partial charge is 0.407 e. The Morgan fingerprint density at radius 1 is 1.26 bits per heavy atom. The number of aryl methyl sites for hydroxylation is 1. The fourth-order valence-corrected chi connectivity index (χ4v) is 2.33. The summed E-state index contributed by atoms with van der Waals surface area (Å²) < 4.78 is 0. The summed E-state index contributed by atoms with van der Waals surface area (Å²) in [6.07, 6.45) is 0.597. The molecule has 1 aliphatic rings. The van der Waals surface area contributed by atoms with Crippen LogP contribution in [0.1, 0.15) is 15.9 Å². The second-order valence-electron chi connectivity index (χ2n) is 4.36. The van der Waals surface area contributed by atoms with Gasteiger partial charge in [0, 0.05) is 32.4 Å².